The summed E-state index contributed by atoms with van der Waals surface area (Å²) in [5.74, 6) is -0.638. The molecule has 0 N–H and O–H groups in total. The first-order chi connectivity index (χ1) is 11.1. The molecular formula is C17H26N4O2. The van der Waals surface area contributed by atoms with Crippen LogP contribution in [0.25, 0.3) is 0 Å². The summed E-state index contributed by atoms with van der Waals surface area (Å²) < 4.78 is 2.10. The van der Waals surface area contributed by atoms with Gasteiger partial charge in [-0.1, -0.05) is 0 Å². The summed E-state index contributed by atoms with van der Waals surface area (Å²) in [7, 11) is 0. The van der Waals surface area contributed by atoms with Gasteiger partial charge in [-0.05, 0) is 46.0 Å². The lowest BCUT2D eigenvalue weighted by Crippen LogP contribution is -2.54. The fourth-order valence-corrected chi connectivity index (χ4v) is 3.92. The number of piperidine rings is 2. The van der Waals surface area contributed by atoms with Crippen LogP contribution >= 0.6 is 0 Å². The minimum Gasteiger partial charge on any atom is -0.334 e. The molecule has 2 fully saturated rings. The zero-order valence-electron chi connectivity index (χ0n) is 14.0. The highest BCUT2D eigenvalue weighted by Crippen LogP contribution is 2.25. The number of carbonyl (C=O) groups is 2. The molecule has 23 heavy (non-hydrogen) atoms. The number of hydrogen-bond acceptors (Lipinski definition) is 3. The lowest BCUT2D eigenvalue weighted by molar-refractivity contribution is -0.156. The molecule has 1 aromatic heterocycles. The summed E-state index contributed by atoms with van der Waals surface area (Å²) in [5, 5.41) is 0. The van der Waals surface area contributed by atoms with Crippen LogP contribution in [0.5, 0.6) is 0 Å². The average molecular weight is 318 g/mol. The van der Waals surface area contributed by atoms with Crippen molar-refractivity contribution in [2.24, 2.45) is 0 Å². The highest BCUT2D eigenvalue weighted by molar-refractivity contribution is 6.35. The van der Waals surface area contributed by atoms with E-state index in [2.05, 4.69) is 9.55 Å². The van der Waals surface area contributed by atoms with Crippen molar-refractivity contribution in [2.45, 2.75) is 64.1 Å². The van der Waals surface area contributed by atoms with Crippen LogP contribution in [0, 0.1) is 0 Å². The molecule has 0 spiro atoms. The van der Waals surface area contributed by atoms with E-state index in [0.717, 1.165) is 32.1 Å². The van der Waals surface area contributed by atoms with Crippen LogP contribution in [0.1, 0.15) is 52.0 Å². The Morgan fingerprint density at radius 1 is 1.00 bits per heavy atom. The van der Waals surface area contributed by atoms with Crippen molar-refractivity contribution in [3.8, 4) is 0 Å². The number of amides is 2. The summed E-state index contributed by atoms with van der Waals surface area (Å²) in [6, 6.07) is 0.710. The van der Waals surface area contributed by atoms with Crippen LogP contribution in [0.3, 0.4) is 0 Å². The number of nitrogens with zero attached hydrogens (tertiary/aromatic N) is 4. The van der Waals surface area contributed by atoms with E-state index < -0.39 is 0 Å². The minimum atomic E-state index is -0.324. The molecule has 6 heteroatoms. The largest absolute Gasteiger partial charge is 0.334 e. The van der Waals surface area contributed by atoms with Gasteiger partial charge in [0.15, 0.2) is 0 Å². The Kier molecular flexibility index (Phi) is 4.68. The van der Waals surface area contributed by atoms with Gasteiger partial charge in [0.05, 0.1) is 6.33 Å². The molecule has 3 rings (SSSR count). The number of likely N-dealkylation sites (tertiary alicyclic amines) is 2. The van der Waals surface area contributed by atoms with E-state index in [1.165, 1.54) is 0 Å². The van der Waals surface area contributed by atoms with Crippen molar-refractivity contribution in [2.75, 3.05) is 13.1 Å². The molecular weight excluding hydrogens is 292 g/mol. The van der Waals surface area contributed by atoms with E-state index in [1.807, 2.05) is 26.4 Å². The van der Waals surface area contributed by atoms with Crippen LogP contribution in [-0.2, 0) is 9.59 Å². The average Bonchev–Trinajstić information content (AvgIpc) is 3.08. The Balaban J connectivity index is 1.59. The summed E-state index contributed by atoms with van der Waals surface area (Å²) in [4.78, 5) is 32.8. The molecule has 0 aliphatic carbocycles. The summed E-state index contributed by atoms with van der Waals surface area (Å²) in [6.45, 7) is 5.38. The Hall–Kier alpha value is -1.85. The highest BCUT2D eigenvalue weighted by Gasteiger charge is 2.36. The summed E-state index contributed by atoms with van der Waals surface area (Å²) in [5.41, 5.74) is 0. The SMILES string of the molecule is C[C@@H]1CCC[C@@H](C)N1C(=O)C(=O)N1CCC(n2ccnc2)CC1. The summed E-state index contributed by atoms with van der Waals surface area (Å²) >= 11 is 0. The lowest BCUT2D eigenvalue weighted by atomic mass is 9.97. The Labute approximate surface area is 137 Å². The van der Waals surface area contributed by atoms with Crippen molar-refractivity contribution in [3.63, 3.8) is 0 Å². The maximum atomic E-state index is 12.6. The first-order valence-corrected chi connectivity index (χ1v) is 8.67. The standard InChI is InChI=1S/C17H26N4O2/c1-13-4-3-5-14(2)21(13)17(23)16(22)19-9-6-15(7-10-19)20-11-8-18-12-20/h8,11-15H,3-7,9-10H2,1-2H3/t13-,14-/m1/s1. The quantitative estimate of drug-likeness (QED) is 0.742. The smallest absolute Gasteiger partial charge is 0.312 e. The number of aromatic nitrogens is 2. The number of imidazole rings is 1. The Morgan fingerprint density at radius 2 is 1.65 bits per heavy atom. The fourth-order valence-electron chi connectivity index (χ4n) is 3.92. The zero-order chi connectivity index (χ0) is 16.4. The predicted octanol–water partition coefficient (Wildman–Crippen LogP) is 1.84. The number of carbonyl (C=O) groups excluding carboxylic acids is 2. The molecule has 0 bridgehead atoms. The van der Waals surface area contributed by atoms with Gasteiger partial charge in [-0.2, -0.15) is 0 Å². The van der Waals surface area contributed by atoms with Gasteiger partial charge in [0.2, 0.25) is 0 Å². The molecule has 2 atom stereocenters. The van der Waals surface area contributed by atoms with Gasteiger partial charge < -0.3 is 14.4 Å². The normalized spacial score (nSPS) is 26.3. The Morgan fingerprint density at radius 3 is 2.22 bits per heavy atom. The van der Waals surface area contributed by atoms with Crippen molar-refractivity contribution >= 4 is 11.8 Å². The molecule has 2 aliphatic heterocycles. The van der Waals surface area contributed by atoms with E-state index >= 15 is 0 Å². The highest BCUT2D eigenvalue weighted by atomic mass is 16.2. The topological polar surface area (TPSA) is 58.4 Å². The fraction of sp³-hybridized carbons (Fsp3) is 0.706. The van der Waals surface area contributed by atoms with Gasteiger partial charge in [-0.3, -0.25) is 9.59 Å². The zero-order valence-corrected chi connectivity index (χ0v) is 14.0. The second-order valence-electron chi connectivity index (χ2n) is 6.87. The van der Waals surface area contributed by atoms with Crippen molar-refractivity contribution in [1.29, 1.82) is 0 Å². The van der Waals surface area contributed by atoms with E-state index in [9.17, 15) is 9.59 Å². The maximum Gasteiger partial charge on any atom is 0.312 e. The van der Waals surface area contributed by atoms with Crippen LogP contribution < -0.4 is 0 Å². The van der Waals surface area contributed by atoms with Crippen LogP contribution in [0.2, 0.25) is 0 Å². The van der Waals surface area contributed by atoms with E-state index in [-0.39, 0.29) is 23.9 Å². The number of rotatable bonds is 1. The van der Waals surface area contributed by atoms with Gasteiger partial charge in [-0.15, -0.1) is 0 Å². The lowest BCUT2D eigenvalue weighted by Gasteiger charge is -2.40. The third-order valence-electron chi connectivity index (χ3n) is 5.31. The first kappa shape index (κ1) is 16.0. The minimum absolute atomic E-state index is 0.165. The second-order valence-corrected chi connectivity index (χ2v) is 6.87. The van der Waals surface area contributed by atoms with Gasteiger partial charge >= 0.3 is 11.8 Å². The van der Waals surface area contributed by atoms with Crippen molar-refractivity contribution in [1.82, 2.24) is 19.4 Å². The molecule has 126 valence electrons. The molecule has 0 radical (unpaired) electrons. The van der Waals surface area contributed by atoms with E-state index in [4.69, 9.17) is 0 Å². The van der Waals surface area contributed by atoms with E-state index in [0.29, 0.717) is 19.1 Å². The van der Waals surface area contributed by atoms with Gasteiger partial charge in [0, 0.05) is 43.6 Å². The molecule has 2 aliphatic rings. The van der Waals surface area contributed by atoms with E-state index in [1.54, 1.807) is 16.0 Å². The molecule has 0 saturated carbocycles. The molecule has 2 amide bonds. The van der Waals surface area contributed by atoms with Crippen molar-refractivity contribution in [3.05, 3.63) is 18.7 Å². The monoisotopic (exact) mass is 318 g/mol. The van der Waals surface area contributed by atoms with Crippen LogP contribution in [0.4, 0.5) is 0 Å². The maximum absolute atomic E-state index is 12.6. The van der Waals surface area contributed by atoms with Crippen molar-refractivity contribution < 1.29 is 9.59 Å². The van der Waals surface area contributed by atoms with Gasteiger partial charge in [0.25, 0.3) is 0 Å². The van der Waals surface area contributed by atoms with Crippen LogP contribution in [-0.4, -0.2) is 56.3 Å². The Bertz CT molecular complexity index is 539. The van der Waals surface area contributed by atoms with Gasteiger partial charge in [0.1, 0.15) is 0 Å². The molecule has 2 saturated heterocycles. The molecule has 0 unspecified atom stereocenters. The predicted molar refractivity (Wildman–Crippen MR) is 86.7 cm³/mol. The third-order valence-corrected chi connectivity index (χ3v) is 5.31. The van der Waals surface area contributed by atoms with Crippen LogP contribution in [0.15, 0.2) is 18.7 Å². The molecule has 3 heterocycles. The number of hydrogen-bond donors (Lipinski definition) is 0. The van der Waals surface area contributed by atoms with Gasteiger partial charge in [-0.25, -0.2) is 4.98 Å². The molecule has 1 aromatic rings. The third kappa shape index (κ3) is 3.26. The summed E-state index contributed by atoms with van der Waals surface area (Å²) in [6.07, 6.45) is 10.4. The second kappa shape index (κ2) is 6.72. The molecule has 6 nitrogen and oxygen atoms in total. The first-order valence-electron chi connectivity index (χ1n) is 8.67. The molecule has 0 aromatic carbocycles.